The van der Waals surface area contributed by atoms with E-state index in [1.165, 1.54) is 32.7 Å². The van der Waals surface area contributed by atoms with Crippen LogP contribution in [0.5, 0.6) is 17.2 Å². The second-order valence-corrected chi connectivity index (χ2v) is 11.7. The van der Waals surface area contributed by atoms with Crippen molar-refractivity contribution in [2.45, 2.75) is 17.5 Å². The van der Waals surface area contributed by atoms with Gasteiger partial charge in [0.1, 0.15) is 11.5 Å². The Kier molecular flexibility index (Phi) is 6.36. The summed E-state index contributed by atoms with van der Waals surface area (Å²) in [5.74, 6) is -1.07. The number of benzene rings is 3. The third-order valence-corrected chi connectivity index (χ3v) is 9.72. The average Bonchev–Trinajstić information content (AvgIpc) is 3.76. The van der Waals surface area contributed by atoms with Gasteiger partial charge in [0.15, 0.2) is 23.1 Å². The highest BCUT2D eigenvalue weighted by Gasteiger charge is 2.70. The summed E-state index contributed by atoms with van der Waals surface area (Å²) in [5.41, 5.74) is 1.95. The molecule has 3 aliphatic rings. The maximum Gasteiger partial charge on any atom is 0.238 e. The van der Waals surface area contributed by atoms with E-state index in [1.54, 1.807) is 18.2 Å². The van der Waals surface area contributed by atoms with Crippen LogP contribution < -0.4 is 19.5 Å². The monoisotopic (exact) mass is 592 g/mol. The number of rotatable bonds is 7. The van der Waals surface area contributed by atoms with Gasteiger partial charge in [-0.15, -0.1) is 11.3 Å². The lowest BCUT2D eigenvalue weighted by atomic mass is 9.62. The van der Waals surface area contributed by atoms with Gasteiger partial charge in [-0.3, -0.25) is 14.4 Å². The number of Topliss-reactive ketones (excluding diaryl/α,β-unsaturated/α-hetero) is 2. The quantitative estimate of drug-likeness (QED) is 0.273. The molecule has 0 saturated carbocycles. The lowest BCUT2D eigenvalue weighted by Gasteiger charge is -2.38. The molecular formula is C34H28N2O6S. The first-order valence-corrected chi connectivity index (χ1v) is 14.7. The minimum absolute atomic E-state index is 0.219. The number of nitrogens with zero attached hydrogens (tertiary/aromatic N) is 1. The van der Waals surface area contributed by atoms with Crippen LogP contribution >= 0.6 is 11.3 Å². The number of thiophene rings is 1. The molecule has 0 unspecified atom stereocenters. The number of amides is 1. The van der Waals surface area contributed by atoms with Crippen LogP contribution in [0.4, 0.5) is 5.69 Å². The highest BCUT2D eigenvalue weighted by Crippen LogP contribution is 2.62. The van der Waals surface area contributed by atoms with Crippen molar-refractivity contribution in [3.63, 3.8) is 0 Å². The topological polar surface area (TPSA) is 94.2 Å². The Bertz CT molecular complexity index is 1790. The number of fused-ring (bicyclic) bond motifs is 6. The Morgan fingerprint density at radius 3 is 2.30 bits per heavy atom. The van der Waals surface area contributed by atoms with Crippen LogP contribution in [0, 0.1) is 5.92 Å². The van der Waals surface area contributed by atoms with Crippen molar-refractivity contribution >= 4 is 40.6 Å². The summed E-state index contributed by atoms with van der Waals surface area (Å²) in [5, 5.41) is 4.91. The van der Waals surface area contributed by atoms with Gasteiger partial charge in [0.25, 0.3) is 0 Å². The molecule has 1 aromatic heterocycles. The molecule has 1 N–H and O–H groups in total. The molecular weight excluding hydrogens is 564 g/mol. The first kappa shape index (κ1) is 27.0. The Hall–Kier alpha value is -4.89. The number of hydrogen-bond donors (Lipinski definition) is 1. The molecule has 0 bridgehead atoms. The summed E-state index contributed by atoms with van der Waals surface area (Å²) in [4.78, 5) is 46.6. The number of methoxy groups -OCH3 is 3. The Morgan fingerprint density at radius 2 is 1.60 bits per heavy atom. The van der Waals surface area contributed by atoms with E-state index in [0.29, 0.717) is 33.4 Å². The third kappa shape index (κ3) is 3.71. The zero-order valence-corrected chi connectivity index (χ0v) is 24.5. The lowest BCUT2D eigenvalue weighted by molar-refractivity contribution is -0.122. The van der Waals surface area contributed by atoms with Crippen LogP contribution in [0.25, 0.3) is 6.08 Å². The average molecular weight is 593 g/mol. The van der Waals surface area contributed by atoms with Crippen molar-refractivity contribution in [3.05, 3.63) is 112 Å². The van der Waals surface area contributed by atoms with Crippen molar-refractivity contribution in [1.29, 1.82) is 0 Å². The van der Waals surface area contributed by atoms with E-state index in [1.807, 2.05) is 77.2 Å². The van der Waals surface area contributed by atoms with E-state index in [-0.39, 0.29) is 23.0 Å². The normalized spacial score (nSPS) is 22.9. The highest BCUT2D eigenvalue weighted by molar-refractivity contribution is 7.12. The maximum atomic E-state index is 15.1. The first-order valence-electron chi connectivity index (χ1n) is 13.8. The van der Waals surface area contributed by atoms with Crippen LogP contribution in [0.3, 0.4) is 0 Å². The lowest BCUT2D eigenvalue weighted by Crippen LogP contribution is -2.49. The first-order chi connectivity index (χ1) is 20.9. The van der Waals surface area contributed by atoms with Gasteiger partial charge in [-0.1, -0.05) is 48.5 Å². The molecule has 4 aromatic rings. The van der Waals surface area contributed by atoms with Crippen molar-refractivity contribution in [2.24, 2.45) is 5.92 Å². The second-order valence-electron chi connectivity index (χ2n) is 10.7. The second kappa shape index (κ2) is 10.1. The van der Waals surface area contributed by atoms with E-state index >= 15 is 4.79 Å². The van der Waals surface area contributed by atoms with Gasteiger partial charge in [-0.2, -0.15) is 0 Å². The molecule has 1 saturated heterocycles. The molecule has 4 heterocycles. The van der Waals surface area contributed by atoms with E-state index in [4.69, 9.17) is 14.2 Å². The van der Waals surface area contributed by atoms with Gasteiger partial charge in [-0.25, -0.2) is 0 Å². The highest BCUT2D eigenvalue weighted by atomic mass is 32.1. The summed E-state index contributed by atoms with van der Waals surface area (Å²) in [6, 6.07) is 20.4. The summed E-state index contributed by atoms with van der Waals surface area (Å²) >= 11 is 1.32. The van der Waals surface area contributed by atoms with Crippen LogP contribution in [0.2, 0.25) is 0 Å². The van der Waals surface area contributed by atoms with Crippen molar-refractivity contribution in [1.82, 2.24) is 4.90 Å². The largest absolute Gasteiger partial charge is 0.493 e. The number of carbonyl (C=O) groups excluding carboxylic acids is 3. The van der Waals surface area contributed by atoms with E-state index in [9.17, 15) is 9.59 Å². The van der Waals surface area contributed by atoms with Crippen LogP contribution in [0.1, 0.15) is 42.8 Å². The van der Waals surface area contributed by atoms with Crippen molar-refractivity contribution in [2.75, 3.05) is 26.6 Å². The summed E-state index contributed by atoms with van der Waals surface area (Å²) in [6.07, 6.45) is 3.81. The molecule has 1 amide bonds. The zero-order chi connectivity index (χ0) is 29.9. The number of hydrogen-bond acceptors (Lipinski definition) is 8. The van der Waals surface area contributed by atoms with Gasteiger partial charge in [0.05, 0.1) is 38.2 Å². The summed E-state index contributed by atoms with van der Waals surface area (Å²) in [7, 11) is 4.45. The van der Waals surface area contributed by atoms with Gasteiger partial charge in [-0.05, 0) is 52.4 Å². The minimum Gasteiger partial charge on any atom is -0.493 e. The molecule has 0 radical (unpaired) electrons. The number of ketones is 2. The van der Waals surface area contributed by atoms with E-state index in [0.717, 1.165) is 11.1 Å². The summed E-state index contributed by atoms with van der Waals surface area (Å²) in [6.45, 7) is 0. The molecule has 4 atom stereocenters. The van der Waals surface area contributed by atoms with E-state index < -0.39 is 23.4 Å². The van der Waals surface area contributed by atoms with Gasteiger partial charge in [0.2, 0.25) is 11.7 Å². The predicted molar refractivity (Wildman–Crippen MR) is 163 cm³/mol. The zero-order valence-electron chi connectivity index (χ0n) is 23.7. The molecule has 9 heteroatoms. The molecule has 43 heavy (non-hydrogen) atoms. The molecule has 3 aromatic carbocycles. The van der Waals surface area contributed by atoms with Gasteiger partial charge < -0.3 is 24.4 Å². The number of anilines is 1. The fourth-order valence-electron chi connectivity index (χ4n) is 7.14. The van der Waals surface area contributed by atoms with Gasteiger partial charge >= 0.3 is 0 Å². The van der Waals surface area contributed by atoms with Crippen LogP contribution in [-0.4, -0.2) is 49.7 Å². The molecule has 8 nitrogen and oxygen atoms in total. The molecule has 3 aliphatic heterocycles. The number of nitrogens with one attached hydrogen (secondary N) is 1. The van der Waals surface area contributed by atoms with Crippen molar-refractivity contribution in [3.8, 4) is 17.2 Å². The third-order valence-electron chi connectivity index (χ3n) is 8.83. The SMILES string of the molecule is COc1cc(C(=O)[C@H]2[C@H](C(=O)c3cccs3)N3C=Cc4ccccc4[C@@H]3[C@]23C(=O)Nc2ccccc23)cc(OC)c1OC. The standard InChI is InChI=1S/C34H28N2O6S/c1-40-24-17-20(18-25(41-2)31(24)42-3)29(37)27-28(30(38)26-13-8-16-43-26)36-15-14-19-9-4-5-10-21(19)32(36)34(27)22-11-6-7-12-23(22)35-33(34)39/h4-18,27-28,32H,1-3H3,(H,35,39)/t27-,28-,32-,34-/m1/s1. The Labute approximate surface area is 252 Å². The maximum absolute atomic E-state index is 15.1. The predicted octanol–water partition coefficient (Wildman–Crippen LogP) is 5.76. The molecule has 1 fully saturated rings. The summed E-state index contributed by atoms with van der Waals surface area (Å²) < 4.78 is 16.7. The Morgan fingerprint density at radius 1 is 0.884 bits per heavy atom. The minimum atomic E-state index is -1.42. The van der Waals surface area contributed by atoms with Gasteiger partial charge in [0, 0.05) is 17.5 Å². The fraction of sp³-hybridized carbons (Fsp3) is 0.206. The molecule has 1 spiro atoms. The molecule has 216 valence electrons. The van der Waals surface area contributed by atoms with Crippen molar-refractivity contribution < 1.29 is 28.6 Å². The van der Waals surface area contributed by atoms with Crippen LogP contribution in [-0.2, 0) is 10.2 Å². The smallest absolute Gasteiger partial charge is 0.238 e. The Balaban J connectivity index is 1.54. The molecule has 7 rings (SSSR count). The van der Waals surface area contributed by atoms with Crippen LogP contribution in [0.15, 0.2) is 84.4 Å². The number of ether oxygens (including phenoxy) is 3. The number of para-hydroxylation sites is 1. The molecule has 0 aliphatic carbocycles. The fourth-order valence-corrected chi connectivity index (χ4v) is 7.83. The van der Waals surface area contributed by atoms with E-state index in [2.05, 4.69) is 5.32 Å². The number of carbonyl (C=O) groups is 3.